The summed E-state index contributed by atoms with van der Waals surface area (Å²) in [6.45, 7) is 0.262. The van der Waals surface area contributed by atoms with E-state index in [1.165, 1.54) is 25.3 Å². The molecule has 0 fully saturated rings. The van der Waals surface area contributed by atoms with Crippen molar-refractivity contribution in [1.82, 2.24) is 10.3 Å². The van der Waals surface area contributed by atoms with Crippen LogP contribution in [0.3, 0.4) is 0 Å². The first-order valence-electron chi connectivity index (χ1n) is 5.97. The average molecular weight is 275 g/mol. The van der Waals surface area contributed by atoms with Crippen molar-refractivity contribution in [2.75, 3.05) is 12.4 Å². The molecule has 20 heavy (non-hydrogen) atoms. The molecule has 2 N–H and O–H groups in total. The molecule has 5 nitrogen and oxygen atoms in total. The third-order valence-electron chi connectivity index (χ3n) is 2.57. The molecule has 1 aromatic carbocycles. The Kier molecular flexibility index (Phi) is 4.49. The van der Waals surface area contributed by atoms with Crippen molar-refractivity contribution in [2.24, 2.45) is 0 Å². The Bertz CT molecular complexity index is 604. The quantitative estimate of drug-likeness (QED) is 0.901. The fourth-order valence-corrected chi connectivity index (χ4v) is 1.66. The zero-order valence-corrected chi connectivity index (χ0v) is 10.9. The highest BCUT2D eigenvalue weighted by Crippen LogP contribution is 2.13. The van der Waals surface area contributed by atoms with Gasteiger partial charge in [-0.3, -0.25) is 0 Å². The fourth-order valence-electron chi connectivity index (χ4n) is 1.66. The molecule has 0 aliphatic heterocycles. The minimum atomic E-state index is -0.429. The molecule has 6 heteroatoms. The number of pyridine rings is 1. The summed E-state index contributed by atoms with van der Waals surface area (Å²) in [6.07, 6.45) is 1.61. The number of rotatable bonds is 4. The number of anilines is 1. The summed E-state index contributed by atoms with van der Waals surface area (Å²) in [5.74, 6) is 0.0512. The smallest absolute Gasteiger partial charge is 0.319 e. The Morgan fingerprint density at radius 1 is 1.35 bits per heavy atom. The number of ether oxygens (including phenoxy) is 1. The molecule has 0 aliphatic rings. The number of methoxy groups -OCH3 is 1. The zero-order valence-electron chi connectivity index (χ0n) is 10.9. The van der Waals surface area contributed by atoms with Crippen LogP contribution in [0.1, 0.15) is 5.56 Å². The molecule has 0 radical (unpaired) electrons. The summed E-state index contributed by atoms with van der Waals surface area (Å²) >= 11 is 0. The second kappa shape index (κ2) is 6.51. The van der Waals surface area contributed by atoms with Gasteiger partial charge in [0, 0.05) is 24.0 Å². The van der Waals surface area contributed by atoms with Gasteiger partial charge in [0.2, 0.25) is 5.88 Å². The van der Waals surface area contributed by atoms with Crippen molar-refractivity contribution >= 4 is 11.7 Å². The maximum Gasteiger partial charge on any atom is 0.319 e. The van der Waals surface area contributed by atoms with E-state index in [0.29, 0.717) is 11.6 Å². The van der Waals surface area contributed by atoms with E-state index < -0.39 is 11.8 Å². The number of amides is 2. The topological polar surface area (TPSA) is 63.2 Å². The van der Waals surface area contributed by atoms with E-state index >= 15 is 0 Å². The van der Waals surface area contributed by atoms with Crippen LogP contribution in [0.25, 0.3) is 0 Å². The molecular formula is C14H14FN3O2. The number of nitrogens with zero attached hydrogens (tertiary/aromatic N) is 1. The van der Waals surface area contributed by atoms with Crippen molar-refractivity contribution in [2.45, 2.75) is 6.54 Å². The number of hydrogen-bond donors (Lipinski definition) is 2. The van der Waals surface area contributed by atoms with Crippen LogP contribution in [0.15, 0.2) is 42.6 Å². The summed E-state index contributed by atoms with van der Waals surface area (Å²) in [7, 11) is 1.51. The summed E-state index contributed by atoms with van der Waals surface area (Å²) < 4.78 is 18.0. The number of carbonyl (C=O) groups is 1. The second-order valence-electron chi connectivity index (χ2n) is 3.99. The molecule has 1 heterocycles. The van der Waals surface area contributed by atoms with E-state index in [1.54, 1.807) is 24.4 Å². The highest BCUT2D eigenvalue weighted by Gasteiger charge is 2.06. The van der Waals surface area contributed by atoms with E-state index in [1.807, 2.05) is 0 Å². The van der Waals surface area contributed by atoms with Crippen LogP contribution in [0.4, 0.5) is 14.9 Å². The molecule has 0 saturated heterocycles. The van der Waals surface area contributed by atoms with Crippen LogP contribution in [-0.2, 0) is 6.54 Å². The summed E-state index contributed by atoms with van der Waals surface area (Å²) in [5.41, 5.74) is 1.14. The second-order valence-corrected chi connectivity index (χ2v) is 3.99. The first-order chi connectivity index (χ1) is 9.69. The minimum Gasteiger partial charge on any atom is -0.481 e. The van der Waals surface area contributed by atoms with Crippen LogP contribution in [0, 0.1) is 5.82 Å². The molecule has 104 valence electrons. The maximum atomic E-state index is 13.0. The molecular weight excluding hydrogens is 261 g/mol. The van der Waals surface area contributed by atoms with Crippen LogP contribution >= 0.6 is 0 Å². The van der Waals surface area contributed by atoms with Gasteiger partial charge in [-0.25, -0.2) is 14.2 Å². The minimum absolute atomic E-state index is 0.262. The van der Waals surface area contributed by atoms with Gasteiger partial charge in [-0.1, -0.05) is 12.1 Å². The van der Waals surface area contributed by atoms with Crippen LogP contribution < -0.4 is 15.4 Å². The Balaban J connectivity index is 1.92. The number of urea groups is 1. The van der Waals surface area contributed by atoms with Crippen LogP contribution in [0.5, 0.6) is 5.88 Å². The average Bonchev–Trinajstić information content (AvgIpc) is 2.45. The number of halogens is 1. The number of benzene rings is 1. The summed E-state index contributed by atoms with van der Waals surface area (Å²) in [4.78, 5) is 15.7. The predicted molar refractivity (Wildman–Crippen MR) is 73.0 cm³/mol. The Morgan fingerprint density at radius 3 is 2.95 bits per heavy atom. The lowest BCUT2D eigenvalue weighted by Gasteiger charge is -2.09. The van der Waals surface area contributed by atoms with Gasteiger partial charge in [-0.2, -0.15) is 0 Å². The SMILES string of the molecule is COc1ncccc1CNC(=O)Nc1cccc(F)c1. The normalized spacial score (nSPS) is 9.90. The molecule has 2 rings (SSSR count). The van der Waals surface area contributed by atoms with Gasteiger partial charge in [0.25, 0.3) is 0 Å². The summed E-state index contributed by atoms with van der Waals surface area (Å²) in [6, 6.07) is 8.80. The van der Waals surface area contributed by atoms with E-state index in [0.717, 1.165) is 5.56 Å². The molecule has 0 spiro atoms. The van der Waals surface area contributed by atoms with Crippen molar-refractivity contribution < 1.29 is 13.9 Å². The Hall–Kier alpha value is -2.63. The van der Waals surface area contributed by atoms with E-state index in [-0.39, 0.29) is 6.54 Å². The number of aromatic nitrogens is 1. The summed E-state index contributed by atoms with van der Waals surface area (Å²) in [5, 5.41) is 5.19. The largest absolute Gasteiger partial charge is 0.481 e. The van der Waals surface area contributed by atoms with E-state index in [9.17, 15) is 9.18 Å². The Labute approximate surface area is 115 Å². The van der Waals surface area contributed by atoms with Gasteiger partial charge >= 0.3 is 6.03 Å². The monoisotopic (exact) mass is 275 g/mol. The molecule has 2 aromatic rings. The molecule has 0 aliphatic carbocycles. The van der Waals surface area contributed by atoms with Gasteiger partial charge in [0.05, 0.1) is 7.11 Å². The van der Waals surface area contributed by atoms with Crippen LogP contribution in [-0.4, -0.2) is 18.1 Å². The van der Waals surface area contributed by atoms with E-state index in [4.69, 9.17) is 4.74 Å². The number of hydrogen-bond acceptors (Lipinski definition) is 3. The zero-order chi connectivity index (χ0) is 14.4. The number of carbonyl (C=O) groups excluding carboxylic acids is 1. The van der Waals surface area contributed by atoms with Gasteiger partial charge in [-0.15, -0.1) is 0 Å². The highest BCUT2D eigenvalue weighted by molar-refractivity contribution is 5.89. The van der Waals surface area contributed by atoms with Crippen molar-refractivity contribution in [1.29, 1.82) is 0 Å². The molecule has 1 aromatic heterocycles. The third-order valence-corrected chi connectivity index (χ3v) is 2.57. The van der Waals surface area contributed by atoms with Gasteiger partial charge in [0.15, 0.2) is 0 Å². The maximum absolute atomic E-state index is 13.0. The molecule has 0 unspecified atom stereocenters. The fraction of sp³-hybridized carbons (Fsp3) is 0.143. The molecule has 0 atom stereocenters. The van der Waals surface area contributed by atoms with Gasteiger partial charge in [-0.05, 0) is 24.3 Å². The number of nitrogens with one attached hydrogen (secondary N) is 2. The lowest BCUT2D eigenvalue weighted by atomic mass is 10.2. The van der Waals surface area contributed by atoms with E-state index in [2.05, 4.69) is 15.6 Å². The Morgan fingerprint density at radius 2 is 2.20 bits per heavy atom. The van der Waals surface area contributed by atoms with Gasteiger partial charge in [0.1, 0.15) is 5.82 Å². The van der Waals surface area contributed by atoms with Crippen molar-refractivity contribution in [3.05, 3.63) is 54.0 Å². The third kappa shape index (κ3) is 3.68. The molecule has 2 amide bonds. The first-order valence-corrected chi connectivity index (χ1v) is 5.97. The van der Waals surface area contributed by atoms with Crippen molar-refractivity contribution in [3.63, 3.8) is 0 Å². The molecule has 0 bridgehead atoms. The highest BCUT2D eigenvalue weighted by atomic mass is 19.1. The predicted octanol–water partition coefficient (Wildman–Crippen LogP) is 2.55. The first kappa shape index (κ1) is 13.8. The van der Waals surface area contributed by atoms with Crippen molar-refractivity contribution in [3.8, 4) is 5.88 Å². The standard InChI is InChI=1S/C14H14FN3O2/c1-20-13-10(4-3-7-16-13)9-17-14(19)18-12-6-2-5-11(15)8-12/h2-8H,9H2,1H3,(H2,17,18,19). The molecule has 0 saturated carbocycles. The van der Waals surface area contributed by atoms with Gasteiger partial charge < -0.3 is 15.4 Å². The van der Waals surface area contributed by atoms with Crippen LogP contribution in [0.2, 0.25) is 0 Å². The lowest BCUT2D eigenvalue weighted by Crippen LogP contribution is -2.28. The lowest BCUT2D eigenvalue weighted by molar-refractivity contribution is 0.251.